The predicted octanol–water partition coefficient (Wildman–Crippen LogP) is 4.43. The van der Waals surface area contributed by atoms with Gasteiger partial charge in [-0.15, -0.1) is 11.3 Å². The molecule has 1 aromatic heterocycles. The number of nitrogens with zero attached hydrogens (tertiary/aromatic N) is 1. The summed E-state index contributed by atoms with van der Waals surface area (Å²) in [4.78, 5) is 3.98. The van der Waals surface area contributed by atoms with Crippen LogP contribution in [0.25, 0.3) is 0 Å². The van der Waals surface area contributed by atoms with Gasteiger partial charge in [-0.1, -0.05) is 17.7 Å². The molecule has 2 nitrogen and oxygen atoms in total. The summed E-state index contributed by atoms with van der Waals surface area (Å²) >= 11 is 7.16. The average Bonchev–Trinajstić information content (AvgIpc) is 2.78. The molecule has 96 valence electrons. The molecular weight excluding hydrogens is 285 g/mol. The maximum atomic E-state index is 12.8. The van der Waals surface area contributed by atoms with Crippen molar-refractivity contribution in [3.63, 3.8) is 0 Å². The Labute approximate surface area is 110 Å². The second kappa shape index (κ2) is 5.16. The lowest BCUT2D eigenvalue weighted by molar-refractivity contribution is -0.136. The number of hydrogen-bond donors (Lipinski definition) is 1. The fourth-order valence-corrected chi connectivity index (χ4v) is 2.24. The molecule has 0 saturated carbocycles. The quantitative estimate of drug-likeness (QED) is 0.905. The lowest BCUT2D eigenvalue weighted by Gasteiger charge is -2.15. The Morgan fingerprint density at radius 3 is 2.72 bits per heavy atom. The number of alkyl halides is 3. The van der Waals surface area contributed by atoms with Crippen LogP contribution in [0.15, 0.2) is 29.8 Å². The minimum atomic E-state index is -4.43. The van der Waals surface area contributed by atoms with Crippen molar-refractivity contribution in [3.05, 3.63) is 45.4 Å². The SMILES string of the molecule is FC(F)(F)c1cccc(Cl)c1NCc1nccs1. The fraction of sp³-hybridized carbons (Fsp3) is 0.182. The van der Waals surface area contributed by atoms with Crippen LogP contribution in [0.3, 0.4) is 0 Å². The van der Waals surface area contributed by atoms with Gasteiger partial charge in [0.25, 0.3) is 0 Å². The first-order chi connectivity index (χ1) is 8.48. The highest BCUT2D eigenvalue weighted by Crippen LogP contribution is 2.38. The lowest BCUT2D eigenvalue weighted by Crippen LogP contribution is -2.11. The van der Waals surface area contributed by atoms with E-state index in [1.807, 2.05) is 0 Å². The second-order valence-corrected chi connectivity index (χ2v) is 4.83. The molecule has 2 rings (SSSR count). The summed E-state index contributed by atoms with van der Waals surface area (Å²) in [5.41, 5.74) is -0.881. The van der Waals surface area contributed by atoms with Crippen LogP contribution >= 0.6 is 22.9 Å². The van der Waals surface area contributed by atoms with Crippen LogP contribution in [0.4, 0.5) is 18.9 Å². The molecule has 18 heavy (non-hydrogen) atoms. The van der Waals surface area contributed by atoms with Crippen molar-refractivity contribution in [2.24, 2.45) is 0 Å². The molecule has 1 N–H and O–H groups in total. The van der Waals surface area contributed by atoms with Gasteiger partial charge >= 0.3 is 6.18 Å². The highest BCUT2D eigenvalue weighted by molar-refractivity contribution is 7.09. The van der Waals surface area contributed by atoms with E-state index in [0.717, 1.165) is 6.07 Å². The summed E-state index contributed by atoms with van der Waals surface area (Å²) in [5.74, 6) is 0. The highest BCUT2D eigenvalue weighted by Gasteiger charge is 2.34. The topological polar surface area (TPSA) is 24.9 Å². The molecule has 0 aliphatic rings. The number of thiazole rings is 1. The van der Waals surface area contributed by atoms with E-state index in [2.05, 4.69) is 10.3 Å². The zero-order chi connectivity index (χ0) is 13.2. The van der Waals surface area contributed by atoms with Crippen LogP contribution in [0.2, 0.25) is 5.02 Å². The van der Waals surface area contributed by atoms with E-state index in [9.17, 15) is 13.2 Å². The molecule has 0 fully saturated rings. The summed E-state index contributed by atoms with van der Waals surface area (Å²) in [5, 5.41) is 5.18. The van der Waals surface area contributed by atoms with Gasteiger partial charge < -0.3 is 5.32 Å². The summed E-state index contributed by atoms with van der Waals surface area (Å²) in [7, 11) is 0. The van der Waals surface area contributed by atoms with Crippen molar-refractivity contribution in [1.82, 2.24) is 4.98 Å². The summed E-state index contributed by atoms with van der Waals surface area (Å²) in [6.45, 7) is 0.213. The first-order valence-corrected chi connectivity index (χ1v) is 6.22. The number of aromatic nitrogens is 1. The van der Waals surface area contributed by atoms with Crippen molar-refractivity contribution in [2.75, 3.05) is 5.32 Å². The zero-order valence-corrected chi connectivity index (χ0v) is 10.5. The smallest absolute Gasteiger partial charge is 0.377 e. The Kier molecular flexibility index (Phi) is 3.77. The van der Waals surface area contributed by atoms with Crippen molar-refractivity contribution < 1.29 is 13.2 Å². The zero-order valence-electron chi connectivity index (χ0n) is 8.96. The maximum absolute atomic E-state index is 12.8. The first kappa shape index (κ1) is 13.2. The lowest BCUT2D eigenvalue weighted by atomic mass is 10.1. The molecule has 1 heterocycles. The Hall–Kier alpha value is -1.27. The van der Waals surface area contributed by atoms with Gasteiger partial charge in [0.2, 0.25) is 0 Å². The van der Waals surface area contributed by atoms with E-state index in [0.29, 0.717) is 5.01 Å². The number of halogens is 4. The second-order valence-electron chi connectivity index (χ2n) is 3.44. The monoisotopic (exact) mass is 292 g/mol. The van der Waals surface area contributed by atoms with E-state index in [4.69, 9.17) is 11.6 Å². The van der Waals surface area contributed by atoms with E-state index < -0.39 is 11.7 Å². The van der Waals surface area contributed by atoms with Crippen molar-refractivity contribution in [3.8, 4) is 0 Å². The van der Waals surface area contributed by atoms with Gasteiger partial charge in [0.1, 0.15) is 5.01 Å². The number of rotatable bonds is 3. The highest BCUT2D eigenvalue weighted by atomic mass is 35.5. The molecule has 0 saturated heterocycles. The summed E-state index contributed by atoms with van der Waals surface area (Å²) in [6.07, 6.45) is -2.84. The van der Waals surface area contributed by atoms with Crippen LogP contribution in [-0.4, -0.2) is 4.98 Å². The average molecular weight is 293 g/mol. The van der Waals surface area contributed by atoms with Crippen molar-refractivity contribution >= 4 is 28.6 Å². The van der Waals surface area contributed by atoms with Crippen LogP contribution < -0.4 is 5.32 Å². The van der Waals surface area contributed by atoms with Gasteiger partial charge in [-0.3, -0.25) is 0 Å². The predicted molar refractivity (Wildman–Crippen MR) is 65.9 cm³/mol. The Morgan fingerprint density at radius 2 is 2.11 bits per heavy atom. The molecule has 0 aliphatic carbocycles. The molecule has 0 unspecified atom stereocenters. The molecule has 0 atom stereocenters. The van der Waals surface area contributed by atoms with E-state index in [-0.39, 0.29) is 17.3 Å². The standard InChI is InChI=1S/C11H8ClF3N2S/c12-8-3-1-2-7(11(13,14)15)10(8)17-6-9-16-4-5-18-9/h1-5,17H,6H2. The van der Waals surface area contributed by atoms with E-state index in [1.54, 1.807) is 11.6 Å². The molecule has 0 radical (unpaired) electrons. The molecule has 0 bridgehead atoms. The summed E-state index contributed by atoms with van der Waals surface area (Å²) < 4.78 is 38.3. The molecule has 7 heteroatoms. The van der Waals surface area contributed by atoms with Crippen molar-refractivity contribution in [1.29, 1.82) is 0 Å². The van der Waals surface area contributed by atoms with Gasteiger partial charge in [-0.2, -0.15) is 13.2 Å². The normalized spacial score (nSPS) is 11.6. The maximum Gasteiger partial charge on any atom is 0.418 e. The number of anilines is 1. The summed E-state index contributed by atoms with van der Waals surface area (Å²) in [6, 6.07) is 3.69. The molecule has 0 aliphatic heterocycles. The van der Waals surface area contributed by atoms with E-state index in [1.165, 1.54) is 23.5 Å². The minimum absolute atomic E-state index is 0.0429. The fourth-order valence-electron chi connectivity index (χ4n) is 1.44. The third-order valence-corrected chi connectivity index (χ3v) is 3.31. The van der Waals surface area contributed by atoms with E-state index >= 15 is 0 Å². The van der Waals surface area contributed by atoms with Gasteiger partial charge in [0.15, 0.2) is 0 Å². The third kappa shape index (κ3) is 2.94. The Balaban J connectivity index is 2.26. The third-order valence-electron chi connectivity index (χ3n) is 2.22. The van der Waals surface area contributed by atoms with Crippen LogP contribution in [0, 0.1) is 0 Å². The van der Waals surface area contributed by atoms with Crippen LogP contribution in [-0.2, 0) is 12.7 Å². The van der Waals surface area contributed by atoms with Crippen molar-refractivity contribution in [2.45, 2.75) is 12.7 Å². The van der Waals surface area contributed by atoms with Gasteiger partial charge in [0, 0.05) is 11.6 Å². The minimum Gasteiger partial charge on any atom is -0.377 e. The Morgan fingerprint density at radius 1 is 1.33 bits per heavy atom. The Bertz CT molecular complexity index is 526. The number of para-hydroxylation sites is 1. The molecular formula is C11H8ClF3N2S. The number of benzene rings is 1. The first-order valence-electron chi connectivity index (χ1n) is 4.96. The largest absolute Gasteiger partial charge is 0.418 e. The molecule has 0 spiro atoms. The van der Waals surface area contributed by atoms with Crippen LogP contribution in [0.5, 0.6) is 0 Å². The molecule has 0 amide bonds. The molecule has 2 aromatic rings. The van der Waals surface area contributed by atoms with Crippen LogP contribution in [0.1, 0.15) is 10.6 Å². The van der Waals surface area contributed by atoms with Gasteiger partial charge in [-0.25, -0.2) is 4.98 Å². The van der Waals surface area contributed by atoms with Gasteiger partial charge in [-0.05, 0) is 12.1 Å². The van der Waals surface area contributed by atoms with Gasteiger partial charge in [0.05, 0.1) is 22.8 Å². The molecule has 1 aromatic carbocycles. The number of nitrogens with one attached hydrogen (secondary N) is 1. The number of hydrogen-bond acceptors (Lipinski definition) is 3.